The molecule has 0 amide bonds. The molecule has 0 N–H and O–H groups in total. The van der Waals surface area contributed by atoms with E-state index in [0.717, 1.165) is 0 Å². The Balaban J connectivity index is 2.50. The maximum Gasteiger partial charge on any atom is 0.192 e. The van der Waals surface area contributed by atoms with Gasteiger partial charge in [0.05, 0.1) is 18.8 Å². The molecule has 116 valence electrons. The molecule has 0 bridgehead atoms. The lowest BCUT2D eigenvalue weighted by Crippen LogP contribution is -2.27. The summed E-state index contributed by atoms with van der Waals surface area (Å²) >= 11 is 0. The van der Waals surface area contributed by atoms with Crippen LogP contribution in [0.15, 0.2) is 18.2 Å². The maximum absolute atomic E-state index is 12.6. The van der Waals surface area contributed by atoms with Crippen molar-refractivity contribution >= 4 is 5.78 Å². The van der Waals surface area contributed by atoms with Crippen molar-refractivity contribution in [3.63, 3.8) is 0 Å². The van der Waals surface area contributed by atoms with Gasteiger partial charge in [-0.05, 0) is 13.0 Å². The van der Waals surface area contributed by atoms with Crippen LogP contribution in [0.1, 0.15) is 36.7 Å². The van der Waals surface area contributed by atoms with Gasteiger partial charge in [0.25, 0.3) is 0 Å². The van der Waals surface area contributed by atoms with Crippen molar-refractivity contribution in [1.29, 1.82) is 0 Å². The van der Waals surface area contributed by atoms with Crippen molar-refractivity contribution in [1.82, 2.24) is 0 Å². The van der Waals surface area contributed by atoms with Gasteiger partial charge in [0.15, 0.2) is 18.4 Å². The summed E-state index contributed by atoms with van der Waals surface area (Å²) in [7, 11) is 1.54. The van der Waals surface area contributed by atoms with Crippen LogP contribution in [0.4, 0.5) is 0 Å². The molecular weight excluding hydrogens is 272 g/mol. The van der Waals surface area contributed by atoms with Gasteiger partial charge >= 0.3 is 0 Å². The van der Waals surface area contributed by atoms with Crippen LogP contribution in [0.2, 0.25) is 0 Å². The molecule has 1 aromatic carbocycles. The van der Waals surface area contributed by atoms with Crippen molar-refractivity contribution in [2.45, 2.75) is 26.6 Å². The van der Waals surface area contributed by atoms with Crippen molar-refractivity contribution in [2.75, 3.05) is 27.1 Å². The van der Waals surface area contributed by atoms with Gasteiger partial charge in [-0.3, -0.25) is 4.79 Å². The monoisotopic (exact) mass is 294 g/mol. The summed E-state index contributed by atoms with van der Waals surface area (Å²) in [5.41, 5.74) is 1.21. The van der Waals surface area contributed by atoms with E-state index in [2.05, 4.69) is 0 Å². The molecule has 1 aromatic rings. The number of hydrogen-bond donors (Lipinski definition) is 0. The normalized spacial score (nSPS) is 17.2. The highest BCUT2D eigenvalue weighted by Gasteiger charge is 2.38. The molecule has 0 atom stereocenters. The van der Waals surface area contributed by atoms with Crippen LogP contribution in [0.3, 0.4) is 0 Å². The van der Waals surface area contributed by atoms with Crippen molar-refractivity contribution < 1.29 is 23.7 Å². The Morgan fingerprint density at radius 2 is 2.00 bits per heavy atom. The first kappa shape index (κ1) is 15.9. The zero-order valence-corrected chi connectivity index (χ0v) is 13.0. The van der Waals surface area contributed by atoms with Gasteiger partial charge in [0.2, 0.25) is 0 Å². The number of ether oxygens (including phenoxy) is 4. The highest BCUT2D eigenvalue weighted by atomic mass is 16.7. The first-order valence-electron chi connectivity index (χ1n) is 7.07. The Morgan fingerprint density at radius 3 is 2.57 bits per heavy atom. The van der Waals surface area contributed by atoms with Gasteiger partial charge in [-0.25, -0.2) is 0 Å². The van der Waals surface area contributed by atoms with Gasteiger partial charge < -0.3 is 18.9 Å². The van der Waals surface area contributed by atoms with Gasteiger partial charge in [-0.2, -0.15) is 0 Å². The van der Waals surface area contributed by atoms with Crippen LogP contribution >= 0.6 is 0 Å². The number of carbonyl (C=O) groups is 1. The minimum Gasteiger partial charge on any atom is -0.467 e. The van der Waals surface area contributed by atoms with Gasteiger partial charge in [-0.1, -0.05) is 26.0 Å². The SMILES string of the molecule is COCOc1cccc(C2(C)OCCO2)c1C(=O)C(C)C. The molecule has 1 aliphatic heterocycles. The maximum atomic E-state index is 12.6. The Bertz CT molecular complexity index is 503. The van der Waals surface area contributed by atoms with E-state index in [4.69, 9.17) is 18.9 Å². The molecule has 21 heavy (non-hydrogen) atoms. The number of benzene rings is 1. The summed E-state index contributed by atoms with van der Waals surface area (Å²) in [4.78, 5) is 12.6. The molecule has 0 saturated carbocycles. The Kier molecular flexibility index (Phi) is 4.98. The average molecular weight is 294 g/mol. The smallest absolute Gasteiger partial charge is 0.192 e. The van der Waals surface area contributed by atoms with Crippen LogP contribution < -0.4 is 4.74 Å². The van der Waals surface area contributed by atoms with E-state index in [1.165, 1.54) is 7.11 Å². The second kappa shape index (κ2) is 6.56. The fraction of sp³-hybridized carbons (Fsp3) is 0.562. The number of methoxy groups -OCH3 is 1. The molecule has 0 radical (unpaired) electrons. The molecule has 0 spiro atoms. The van der Waals surface area contributed by atoms with Crippen LogP contribution in [0, 0.1) is 5.92 Å². The largest absolute Gasteiger partial charge is 0.467 e. The van der Waals surface area contributed by atoms with Crippen LogP contribution in [0.5, 0.6) is 5.75 Å². The lowest BCUT2D eigenvalue weighted by molar-refractivity contribution is -0.150. The van der Waals surface area contributed by atoms with E-state index in [1.54, 1.807) is 6.07 Å². The predicted octanol–water partition coefficient (Wildman–Crippen LogP) is 2.73. The second-order valence-electron chi connectivity index (χ2n) is 5.39. The van der Waals surface area contributed by atoms with E-state index in [9.17, 15) is 4.79 Å². The fourth-order valence-corrected chi connectivity index (χ4v) is 2.37. The van der Waals surface area contributed by atoms with Crippen LogP contribution in [-0.2, 0) is 20.0 Å². The molecule has 0 unspecified atom stereocenters. The van der Waals surface area contributed by atoms with Gasteiger partial charge in [0, 0.05) is 18.6 Å². The lowest BCUT2D eigenvalue weighted by Gasteiger charge is -2.26. The third kappa shape index (κ3) is 3.26. The van der Waals surface area contributed by atoms with Crippen molar-refractivity contribution in [2.24, 2.45) is 5.92 Å². The topological polar surface area (TPSA) is 54.0 Å². The quantitative estimate of drug-likeness (QED) is 0.596. The molecule has 2 rings (SSSR count). The number of ketones is 1. The first-order valence-corrected chi connectivity index (χ1v) is 7.07. The third-order valence-corrected chi connectivity index (χ3v) is 3.46. The molecule has 1 heterocycles. The number of hydrogen-bond acceptors (Lipinski definition) is 5. The standard InChI is InChI=1S/C16H22O5/c1-11(2)15(17)14-12(16(3)20-8-9-21-16)6-5-7-13(14)19-10-18-4/h5-7,11H,8-10H2,1-4H3. The minimum absolute atomic E-state index is 0.00275. The highest BCUT2D eigenvalue weighted by molar-refractivity contribution is 6.01. The molecule has 1 fully saturated rings. The van der Waals surface area contributed by atoms with E-state index < -0.39 is 5.79 Å². The lowest BCUT2D eigenvalue weighted by atomic mass is 9.91. The molecule has 5 heteroatoms. The summed E-state index contributed by atoms with van der Waals surface area (Å²) in [6.07, 6.45) is 0. The summed E-state index contributed by atoms with van der Waals surface area (Å²) in [5.74, 6) is -0.571. The average Bonchev–Trinajstić information content (AvgIpc) is 2.91. The van der Waals surface area contributed by atoms with Crippen molar-refractivity contribution in [3.05, 3.63) is 29.3 Å². The van der Waals surface area contributed by atoms with Gasteiger partial charge in [0.1, 0.15) is 5.75 Å². The van der Waals surface area contributed by atoms with Gasteiger partial charge in [-0.15, -0.1) is 0 Å². The number of Topliss-reactive ketones (excluding diaryl/α,β-unsaturated/α-hetero) is 1. The highest BCUT2D eigenvalue weighted by Crippen LogP contribution is 2.37. The number of carbonyl (C=O) groups excluding carboxylic acids is 1. The molecule has 0 aromatic heterocycles. The second-order valence-corrected chi connectivity index (χ2v) is 5.39. The Hall–Kier alpha value is -1.43. The fourth-order valence-electron chi connectivity index (χ4n) is 2.37. The minimum atomic E-state index is -0.910. The predicted molar refractivity (Wildman–Crippen MR) is 77.4 cm³/mol. The summed E-state index contributed by atoms with van der Waals surface area (Å²) in [6.45, 7) is 6.65. The van der Waals surface area contributed by atoms with E-state index in [-0.39, 0.29) is 18.5 Å². The van der Waals surface area contributed by atoms with Crippen molar-refractivity contribution in [3.8, 4) is 5.75 Å². The van der Waals surface area contributed by atoms with E-state index >= 15 is 0 Å². The Labute approximate surface area is 125 Å². The van der Waals surface area contributed by atoms with E-state index in [0.29, 0.717) is 30.1 Å². The molecule has 5 nitrogen and oxygen atoms in total. The summed E-state index contributed by atoms with van der Waals surface area (Å²) in [6, 6.07) is 5.44. The molecule has 1 aliphatic rings. The third-order valence-electron chi connectivity index (χ3n) is 3.46. The Morgan fingerprint density at radius 1 is 1.33 bits per heavy atom. The van der Waals surface area contributed by atoms with E-state index in [1.807, 2.05) is 32.9 Å². The molecule has 0 aliphatic carbocycles. The first-order chi connectivity index (χ1) is 9.99. The zero-order valence-electron chi connectivity index (χ0n) is 13.0. The summed E-state index contributed by atoms with van der Waals surface area (Å²) in [5, 5.41) is 0. The molecule has 1 saturated heterocycles. The number of rotatable bonds is 6. The van der Waals surface area contributed by atoms with Crippen LogP contribution in [-0.4, -0.2) is 32.9 Å². The van der Waals surface area contributed by atoms with Crippen LogP contribution in [0.25, 0.3) is 0 Å². The molecular formula is C16H22O5. The summed E-state index contributed by atoms with van der Waals surface area (Å²) < 4.78 is 21.9. The zero-order chi connectivity index (χ0) is 15.5.